The zero-order valence-corrected chi connectivity index (χ0v) is 13.1. The predicted molar refractivity (Wildman–Crippen MR) is 84.4 cm³/mol. The Morgan fingerprint density at radius 3 is 1.89 bits per heavy atom. The van der Waals surface area contributed by atoms with Gasteiger partial charge in [-0.15, -0.1) is 0 Å². The van der Waals surface area contributed by atoms with Gasteiger partial charge in [-0.05, 0) is 67.1 Å². The second-order valence-electron chi connectivity index (χ2n) is 8.79. The minimum atomic E-state index is 0.495. The Balaban J connectivity index is 1.76. The van der Waals surface area contributed by atoms with Crippen molar-refractivity contribution in [2.75, 3.05) is 0 Å². The molecular formula is C16H30B2. The molecule has 3 saturated carbocycles. The quantitative estimate of drug-likeness (QED) is 0.669. The summed E-state index contributed by atoms with van der Waals surface area (Å²) >= 11 is 0. The highest BCUT2D eigenvalue weighted by Crippen LogP contribution is 2.65. The summed E-state index contributed by atoms with van der Waals surface area (Å²) in [6.45, 7) is 7.37. The molecule has 2 heteroatoms. The minimum Gasteiger partial charge on any atom is -0.0769 e. The largest absolute Gasteiger partial charge is 0.100 e. The maximum absolute atomic E-state index is 2.56. The van der Waals surface area contributed by atoms with Crippen LogP contribution in [-0.4, -0.2) is 15.7 Å². The Bertz CT molecular complexity index is 316. The lowest BCUT2D eigenvalue weighted by molar-refractivity contribution is 0.215. The summed E-state index contributed by atoms with van der Waals surface area (Å²) in [5.74, 6) is 5.50. The van der Waals surface area contributed by atoms with Crippen molar-refractivity contribution in [3.63, 3.8) is 0 Å². The number of rotatable bonds is 3. The van der Waals surface area contributed by atoms with Crippen molar-refractivity contribution in [2.45, 2.75) is 64.5 Å². The topological polar surface area (TPSA) is 0 Å². The molecule has 0 nitrogen and oxygen atoms in total. The molecule has 0 N–H and O–H groups in total. The van der Waals surface area contributed by atoms with E-state index in [2.05, 4.69) is 36.5 Å². The van der Waals surface area contributed by atoms with Crippen LogP contribution >= 0.6 is 0 Å². The van der Waals surface area contributed by atoms with Crippen LogP contribution < -0.4 is 0 Å². The zero-order chi connectivity index (χ0) is 13.1. The average Bonchev–Trinajstić information content (AvgIpc) is 3.00. The lowest BCUT2D eigenvalue weighted by atomic mass is 9.37. The van der Waals surface area contributed by atoms with Crippen molar-refractivity contribution in [2.24, 2.45) is 35.0 Å². The molecule has 3 rings (SSSR count). The molecular weight excluding hydrogens is 214 g/mol. The summed E-state index contributed by atoms with van der Waals surface area (Å²) in [5, 5.41) is 0.519. The smallest absolute Gasteiger partial charge is 0.0769 e. The Hall–Kier alpha value is 0.130. The van der Waals surface area contributed by atoms with E-state index in [0.717, 1.165) is 29.6 Å². The molecule has 3 aliphatic carbocycles. The van der Waals surface area contributed by atoms with Crippen molar-refractivity contribution in [1.82, 2.24) is 0 Å². The first kappa shape index (κ1) is 13.1. The van der Waals surface area contributed by atoms with Crippen LogP contribution in [0.25, 0.3) is 0 Å². The van der Waals surface area contributed by atoms with Gasteiger partial charge in [0.15, 0.2) is 0 Å². The maximum Gasteiger partial charge on any atom is 0.100 e. The van der Waals surface area contributed by atoms with E-state index in [-0.39, 0.29) is 0 Å². The Kier molecular flexibility index (Phi) is 2.96. The van der Waals surface area contributed by atoms with E-state index in [1.165, 1.54) is 6.42 Å². The second-order valence-corrected chi connectivity index (χ2v) is 8.79. The van der Waals surface area contributed by atoms with Gasteiger partial charge in [0.1, 0.15) is 15.7 Å². The van der Waals surface area contributed by atoms with Crippen LogP contribution in [0.4, 0.5) is 0 Å². The van der Waals surface area contributed by atoms with Crippen LogP contribution in [0.2, 0.25) is 5.21 Å². The van der Waals surface area contributed by atoms with E-state index in [9.17, 15) is 0 Å². The van der Waals surface area contributed by atoms with E-state index in [1.807, 2.05) is 0 Å². The van der Waals surface area contributed by atoms with Crippen LogP contribution in [0.3, 0.4) is 0 Å². The summed E-state index contributed by atoms with van der Waals surface area (Å²) in [4.78, 5) is 0. The summed E-state index contributed by atoms with van der Waals surface area (Å²) in [6, 6.07) is 0. The average molecular weight is 244 g/mol. The van der Waals surface area contributed by atoms with E-state index in [1.54, 1.807) is 32.1 Å². The molecule has 3 fully saturated rings. The molecule has 4 atom stereocenters. The van der Waals surface area contributed by atoms with Gasteiger partial charge >= 0.3 is 0 Å². The molecule has 100 valence electrons. The van der Waals surface area contributed by atoms with Gasteiger partial charge in [0, 0.05) is 0 Å². The fourth-order valence-corrected chi connectivity index (χ4v) is 5.61. The highest BCUT2D eigenvalue weighted by Gasteiger charge is 2.55. The van der Waals surface area contributed by atoms with E-state index < -0.39 is 0 Å². The van der Waals surface area contributed by atoms with Crippen molar-refractivity contribution in [3.8, 4) is 0 Å². The minimum absolute atomic E-state index is 0.495. The van der Waals surface area contributed by atoms with Crippen molar-refractivity contribution < 1.29 is 0 Å². The third-order valence-electron chi connectivity index (χ3n) is 8.04. The molecule has 0 aromatic heterocycles. The molecule has 0 radical (unpaired) electrons. The molecule has 0 amide bonds. The van der Waals surface area contributed by atoms with Gasteiger partial charge in [0.05, 0.1) is 0 Å². The van der Waals surface area contributed by atoms with Gasteiger partial charge in [-0.1, -0.05) is 32.4 Å². The summed E-state index contributed by atoms with van der Waals surface area (Å²) in [7, 11) is 5.12. The number of hydrogen-bond donors (Lipinski definition) is 0. The van der Waals surface area contributed by atoms with Crippen LogP contribution in [0.15, 0.2) is 0 Å². The van der Waals surface area contributed by atoms with Gasteiger partial charge in [-0.25, -0.2) is 0 Å². The highest BCUT2D eigenvalue weighted by molar-refractivity contribution is 6.40. The molecule has 0 aromatic rings. The standard InChI is InChI=1S/C16H30B2/c1-4-15(2,3)16(17,18)12-8-13-10-5-6-11(7-10)14(13)9-12/h10-14H,4-9,17-18H2,1-3H3. The second kappa shape index (κ2) is 4.06. The number of hydrogen-bond acceptors (Lipinski definition) is 0. The number of fused-ring (bicyclic) bond motifs is 5. The van der Waals surface area contributed by atoms with E-state index in [0.29, 0.717) is 10.6 Å². The fourth-order valence-electron chi connectivity index (χ4n) is 5.61. The molecule has 18 heavy (non-hydrogen) atoms. The molecule has 0 saturated heterocycles. The van der Waals surface area contributed by atoms with Gasteiger partial charge in [-0.3, -0.25) is 0 Å². The van der Waals surface area contributed by atoms with Crippen molar-refractivity contribution in [3.05, 3.63) is 0 Å². The van der Waals surface area contributed by atoms with Crippen molar-refractivity contribution >= 4 is 15.7 Å². The summed E-state index contributed by atoms with van der Waals surface area (Å²) in [6.07, 6.45) is 9.16. The molecule has 0 aliphatic heterocycles. The SMILES string of the molecule is BC(B)(C1CC2C3CCC(C3)C2C1)C(C)(C)CC. The third-order valence-corrected chi connectivity index (χ3v) is 8.04. The van der Waals surface area contributed by atoms with Gasteiger partial charge in [0.25, 0.3) is 0 Å². The van der Waals surface area contributed by atoms with Crippen LogP contribution in [-0.2, 0) is 0 Å². The first-order valence-electron chi connectivity index (χ1n) is 8.37. The molecule has 3 aliphatic rings. The Morgan fingerprint density at radius 2 is 1.44 bits per heavy atom. The zero-order valence-electron chi connectivity index (χ0n) is 13.1. The van der Waals surface area contributed by atoms with Gasteiger partial charge < -0.3 is 0 Å². The van der Waals surface area contributed by atoms with Crippen LogP contribution in [0.5, 0.6) is 0 Å². The molecule has 2 bridgehead atoms. The molecule has 4 unspecified atom stereocenters. The maximum atomic E-state index is 2.56. The van der Waals surface area contributed by atoms with Crippen molar-refractivity contribution in [1.29, 1.82) is 0 Å². The van der Waals surface area contributed by atoms with Crippen LogP contribution in [0, 0.1) is 35.0 Å². The lowest BCUT2D eigenvalue weighted by Crippen LogP contribution is -2.38. The normalized spacial score (nSPS) is 43.4. The monoisotopic (exact) mass is 244 g/mol. The van der Waals surface area contributed by atoms with E-state index in [4.69, 9.17) is 0 Å². The third kappa shape index (κ3) is 1.66. The van der Waals surface area contributed by atoms with Crippen LogP contribution in [0.1, 0.15) is 59.3 Å². The predicted octanol–water partition coefficient (Wildman–Crippen LogP) is 2.88. The van der Waals surface area contributed by atoms with E-state index >= 15 is 0 Å². The first-order valence-corrected chi connectivity index (χ1v) is 8.37. The Labute approximate surface area is 115 Å². The molecule has 0 aromatic carbocycles. The lowest BCUT2D eigenvalue weighted by Gasteiger charge is -2.47. The van der Waals surface area contributed by atoms with Gasteiger partial charge in [-0.2, -0.15) is 0 Å². The fraction of sp³-hybridized carbons (Fsp3) is 1.00. The molecule has 0 heterocycles. The first-order chi connectivity index (χ1) is 8.37. The molecule has 0 spiro atoms. The Morgan fingerprint density at radius 1 is 0.944 bits per heavy atom. The summed E-state index contributed by atoms with van der Waals surface area (Å²) in [5.41, 5.74) is 0.495. The summed E-state index contributed by atoms with van der Waals surface area (Å²) < 4.78 is 0. The van der Waals surface area contributed by atoms with Gasteiger partial charge in [0.2, 0.25) is 0 Å². The highest BCUT2D eigenvalue weighted by atomic mass is 14.6.